The lowest BCUT2D eigenvalue weighted by atomic mass is 10.1. The van der Waals surface area contributed by atoms with Crippen molar-refractivity contribution in [2.75, 3.05) is 13.1 Å². The molecule has 1 aliphatic heterocycles. The summed E-state index contributed by atoms with van der Waals surface area (Å²) in [6, 6.07) is 11.5. The van der Waals surface area contributed by atoms with Gasteiger partial charge in [0, 0.05) is 30.2 Å². The zero-order chi connectivity index (χ0) is 24.2. The number of benzene rings is 2. The van der Waals surface area contributed by atoms with Crippen molar-refractivity contribution in [1.82, 2.24) is 14.9 Å². The average Bonchev–Trinajstić information content (AvgIpc) is 2.73. The van der Waals surface area contributed by atoms with Crippen molar-refractivity contribution in [3.63, 3.8) is 0 Å². The molecule has 7 nitrogen and oxygen atoms in total. The Kier molecular flexibility index (Phi) is 8.19. The number of piperidine rings is 1. The van der Waals surface area contributed by atoms with Crippen LogP contribution in [0.2, 0.25) is 5.02 Å². The van der Waals surface area contributed by atoms with E-state index >= 15 is 0 Å². The summed E-state index contributed by atoms with van der Waals surface area (Å²) in [5, 5.41) is 13.7. The Bertz CT molecular complexity index is 1150. The fourth-order valence-electron chi connectivity index (χ4n) is 3.58. The van der Waals surface area contributed by atoms with Crippen LogP contribution in [0.5, 0.6) is 11.5 Å². The monoisotopic (exact) mass is 506 g/mol. The van der Waals surface area contributed by atoms with Gasteiger partial charge in [0.15, 0.2) is 5.11 Å². The van der Waals surface area contributed by atoms with Crippen LogP contribution in [0.15, 0.2) is 41.3 Å². The minimum Gasteiger partial charge on any atom is -0.456 e. The first-order valence-corrected chi connectivity index (χ1v) is 12.9. The number of nitrogens with zero attached hydrogens (tertiary/aromatic N) is 2. The number of hydrogen-bond acceptors (Lipinski definition) is 5. The molecular weight excluding hydrogens is 480 g/mol. The summed E-state index contributed by atoms with van der Waals surface area (Å²) in [5.74, 6) is 0.545. The van der Waals surface area contributed by atoms with Gasteiger partial charge in [0.2, 0.25) is 10.0 Å². The molecule has 0 radical (unpaired) electrons. The highest BCUT2D eigenvalue weighted by Gasteiger charge is 2.28. The van der Waals surface area contributed by atoms with Crippen LogP contribution in [0.4, 0.5) is 0 Å². The van der Waals surface area contributed by atoms with E-state index in [2.05, 4.69) is 10.0 Å². The number of rotatable bonds is 6. The zero-order valence-electron chi connectivity index (χ0n) is 18.8. The second kappa shape index (κ2) is 10.7. The van der Waals surface area contributed by atoms with E-state index < -0.39 is 10.0 Å². The first-order chi connectivity index (χ1) is 15.6. The molecule has 0 spiro atoms. The molecule has 0 atom stereocenters. The van der Waals surface area contributed by atoms with E-state index in [0.29, 0.717) is 41.8 Å². The number of thiocarbonyl (C=S) groups is 1. The molecule has 2 aromatic rings. The molecule has 176 valence electrons. The number of nitriles is 1. The molecule has 2 N–H and O–H groups in total. The molecular formula is C23H27ClN4O3S2. The van der Waals surface area contributed by atoms with Crippen LogP contribution < -0.4 is 14.8 Å². The lowest BCUT2D eigenvalue weighted by molar-refractivity contribution is 0.297. The van der Waals surface area contributed by atoms with Gasteiger partial charge in [0.1, 0.15) is 16.4 Å². The van der Waals surface area contributed by atoms with Crippen LogP contribution >= 0.6 is 23.8 Å². The fourth-order valence-corrected chi connectivity index (χ4v) is 5.74. The van der Waals surface area contributed by atoms with Gasteiger partial charge in [0.25, 0.3) is 0 Å². The van der Waals surface area contributed by atoms with Crippen LogP contribution in [0.1, 0.15) is 37.8 Å². The van der Waals surface area contributed by atoms with Crippen LogP contribution in [0.25, 0.3) is 0 Å². The van der Waals surface area contributed by atoms with Gasteiger partial charge in [-0.2, -0.15) is 5.26 Å². The average molecular weight is 507 g/mol. The Labute approximate surface area is 205 Å². The molecule has 3 rings (SSSR count). The van der Waals surface area contributed by atoms with E-state index in [0.717, 1.165) is 5.56 Å². The quantitative estimate of drug-likeness (QED) is 0.563. The Morgan fingerprint density at radius 1 is 1.24 bits per heavy atom. The Balaban J connectivity index is 1.78. The molecule has 0 saturated carbocycles. The molecule has 10 heteroatoms. The summed E-state index contributed by atoms with van der Waals surface area (Å²) < 4.78 is 35.3. The second-order valence-corrected chi connectivity index (χ2v) is 10.8. The van der Waals surface area contributed by atoms with Gasteiger partial charge in [-0.25, -0.2) is 13.1 Å². The van der Waals surface area contributed by atoms with Gasteiger partial charge in [-0.3, -0.25) is 0 Å². The molecule has 1 fully saturated rings. The first-order valence-electron chi connectivity index (χ1n) is 10.6. The lowest BCUT2D eigenvalue weighted by Crippen LogP contribution is -2.50. The van der Waals surface area contributed by atoms with Crippen LogP contribution in [-0.2, 0) is 10.0 Å². The third-order valence-corrected chi connectivity index (χ3v) is 7.26. The first kappa shape index (κ1) is 25.2. The molecule has 1 aliphatic rings. The van der Waals surface area contributed by atoms with Crippen molar-refractivity contribution >= 4 is 39.0 Å². The summed E-state index contributed by atoms with van der Waals surface area (Å²) in [6.07, 6.45) is 1.22. The standard InChI is InChI=1S/C23H27ClN4O3S2/c1-15(2)26-23(32)28-8-6-19(7-9-28)27-33(29,30)22-12-17(14-25)4-5-21(22)31-20-11-16(3)10-18(24)13-20/h4-5,10-13,15,19,27H,6-9H2,1-3H3,(H,26,32). The predicted molar refractivity (Wildman–Crippen MR) is 133 cm³/mol. The summed E-state index contributed by atoms with van der Waals surface area (Å²) >= 11 is 11.5. The van der Waals surface area contributed by atoms with Crippen molar-refractivity contribution in [2.45, 2.75) is 50.6 Å². The fraction of sp³-hybridized carbons (Fsp3) is 0.391. The number of nitrogens with one attached hydrogen (secondary N) is 2. The maximum atomic E-state index is 13.3. The predicted octanol–water partition coefficient (Wildman–Crippen LogP) is 4.34. The van der Waals surface area contributed by atoms with E-state index in [1.807, 2.05) is 31.7 Å². The van der Waals surface area contributed by atoms with Crippen molar-refractivity contribution in [3.05, 3.63) is 52.5 Å². The van der Waals surface area contributed by atoms with Crippen molar-refractivity contribution in [1.29, 1.82) is 5.26 Å². The Morgan fingerprint density at radius 2 is 1.94 bits per heavy atom. The minimum atomic E-state index is -3.95. The summed E-state index contributed by atoms with van der Waals surface area (Å²) in [4.78, 5) is 1.96. The number of likely N-dealkylation sites (tertiary alicyclic amines) is 1. The SMILES string of the molecule is Cc1cc(Cl)cc(Oc2ccc(C#N)cc2S(=O)(=O)NC2CCN(C(=S)NC(C)C)CC2)c1. The zero-order valence-corrected chi connectivity index (χ0v) is 21.1. The third-order valence-electron chi connectivity index (χ3n) is 5.12. The molecule has 0 amide bonds. The number of ether oxygens (including phenoxy) is 1. The lowest BCUT2D eigenvalue weighted by Gasteiger charge is -2.34. The molecule has 1 heterocycles. The third kappa shape index (κ3) is 6.81. The van der Waals surface area contributed by atoms with Gasteiger partial charge in [-0.15, -0.1) is 0 Å². The van der Waals surface area contributed by atoms with Gasteiger partial charge in [-0.1, -0.05) is 11.6 Å². The largest absolute Gasteiger partial charge is 0.456 e. The van der Waals surface area contributed by atoms with E-state index in [9.17, 15) is 13.7 Å². The summed E-state index contributed by atoms with van der Waals surface area (Å²) in [5.41, 5.74) is 1.11. The molecule has 0 unspecified atom stereocenters. The van der Waals surface area contributed by atoms with Gasteiger partial charge in [0.05, 0.1) is 11.6 Å². The Hall–Kier alpha value is -2.38. The van der Waals surface area contributed by atoms with E-state index in [-0.39, 0.29) is 28.3 Å². The Morgan fingerprint density at radius 3 is 2.55 bits per heavy atom. The molecule has 0 aliphatic carbocycles. The normalized spacial score (nSPS) is 14.7. The summed E-state index contributed by atoms with van der Waals surface area (Å²) in [7, 11) is -3.95. The van der Waals surface area contributed by atoms with Crippen molar-refractivity contribution in [2.24, 2.45) is 0 Å². The number of halogens is 1. The van der Waals surface area contributed by atoms with E-state index in [4.69, 9.17) is 28.6 Å². The smallest absolute Gasteiger partial charge is 0.244 e. The molecule has 0 bridgehead atoms. The van der Waals surface area contributed by atoms with Crippen molar-refractivity contribution in [3.8, 4) is 17.6 Å². The van der Waals surface area contributed by atoms with E-state index in [1.165, 1.54) is 18.2 Å². The molecule has 0 aromatic heterocycles. The highest BCUT2D eigenvalue weighted by Crippen LogP contribution is 2.32. The summed E-state index contributed by atoms with van der Waals surface area (Å²) in [6.45, 7) is 7.20. The topological polar surface area (TPSA) is 94.5 Å². The minimum absolute atomic E-state index is 0.0846. The van der Waals surface area contributed by atoms with Crippen LogP contribution in [0.3, 0.4) is 0 Å². The van der Waals surface area contributed by atoms with E-state index in [1.54, 1.807) is 18.2 Å². The van der Waals surface area contributed by atoms with Gasteiger partial charge < -0.3 is 15.0 Å². The maximum Gasteiger partial charge on any atom is 0.244 e. The number of hydrogen-bond donors (Lipinski definition) is 2. The second-order valence-electron chi connectivity index (χ2n) is 8.33. The van der Waals surface area contributed by atoms with Crippen molar-refractivity contribution < 1.29 is 13.2 Å². The molecule has 2 aromatic carbocycles. The molecule has 33 heavy (non-hydrogen) atoms. The highest BCUT2D eigenvalue weighted by molar-refractivity contribution is 7.89. The number of aryl methyl sites for hydroxylation is 1. The molecule has 1 saturated heterocycles. The van der Waals surface area contributed by atoms with Gasteiger partial charge in [-0.05, 0) is 87.8 Å². The highest BCUT2D eigenvalue weighted by atomic mass is 35.5. The number of sulfonamides is 1. The maximum absolute atomic E-state index is 13.3. The van der Waals surface area contributed by atoms with Crippen LogP contribution in [0, 0.1) is 18.3 Å². The van der Waals surface area contributed by atoms with Crippen LogP contribution in [-0.4, -0.2) is 43.6 Å². The van der Waals surface area contributed by atoms with Gasteiger partial charge >= 0.3 is 0 Å².